The predicted octanol–water partition coefficient (Wildman–Crippen LogP) is 5.74. The Morgan fingerprint density at radius 2 is 1.06 bits per heavy atom. The molecule has 2 unspecified atom stereocenters. The summed E-state index contributed by atoms with van der Waals surface area (Å²) in [5, 5.41) is 18.8. The minimum absolute atomic E-state index is 0.239. The lowest BCUT2D eigenvalue weighted by Crippen LogP contribution is -2.25. The van der Waals surface area contributed by atoms with Gasteiger partial charge in [-0.3, -0.25) is 4.79 Å². The molecule has 0 bridgehead atoms. The second-order valence-corrected chi connectivity index (χ2v) is 10.1. The van der Waals surface area contributed by atoms with Gasteiger partial charge >= 0.3 is 5.97 Å². The van der Waals surface area contributed by atoms with Gasteiger partial charge in [0, 0.05) is 5.56 Å². The molecule has 2 aromatic carbocycles. The summed E-state index contributed by atoms with van der Waals surface area (Å²) < 4.78 is 5.40. The molecule has 5 heteroatoms. The molecule has 0 saturated heterocycles. The van der Waals surface area contributed by atoms with Crippen molar-refractivity contribution in [1.29, 1.82) is 0 Å². The van der Waals surface area contributed by atoms with Crippen LogP contribution in [0, 0.1) is 53.4 Å². The molecular weight excluding hydrogens is 428 g/mol. The zero-order chi connectivity index (χ0) is 26.3. The van der Waals surface area contributed by atoms with Crippen molar-refractivity contribution in [3.05, 3.63) is 63.2 Å². The SMILES string of the molecule is CC(C)C(O)CC(O)C(C)C.Cc1cc(C)c(OC(=O)C(=O)c2c(C)cc(C)cc2C)c(C)c1. The molecule has 0 amide bonds. The van der Waals surface area contributed by atoms with Crippen molar-refractivity contribution < 1.29 is 24.5 Å². The third-order valence-corrected chi connectivity index (χ3v) is 5.91. The molecule has 34 heavy (non-hydrogen) atoms. The molecule has 2 rings (SSSR count). The fourth-order valence-corrected chi connectivity index (χ4v) is 3.90. The summed E-state index contributed by atoms with van der Waals surface area (Å²) in [6.45, 7) is 19.2. The first-order valence-corrected chi connectivity index (χ1v) is 11.9. The van der Waals surface area contributed by atoms with Crippen molar-refractivity contribution in [2.45, 2.75) is 87.9 Å². The maximum absolute atomic E-state index is 12.5. The normalized spacial score (nSPS) is 12.8. The third-order valence-electron chi connectivity index (χ3n) is 5.91. The Morgan fingerprint density at radius 3 is 1.41 bits per heavy atom. The first kappa shape index (κ1) is 29.5. The summed E-state index contributed by atoms with van der Waals surface area (Å²) in [7, 11) is 0. The highest BCUT2D eigenvalue weighted by atomic mass is 16.5. The highest BCUT2D eigenvalue weighted by Crippen LogP contribution is 2.26. The Kier molecular flexibility index (Phi) is 11.1. The molecule has 188 valence electrons. The number of rotatable bonds is 7. The van der Waals surface area contributed by atoms with Gasteiger partial charge in [0.05, 0.1) is 12.2 Å². The van der Waals surface area contributed by atoms with Crippen molar-refractivity contribution in [1.82, 2.24) is 0 Å². The van der Waals surface area contributed by atoms with Gasteiger partial charge in [0.2, 0.25) is 0 Å². The minimum Gasteiger partial charge on any atom is -0.420 e. The van der Waals surface area contributed by atoms with E-state index < -0.39 is 11.8 Å². The minimum atomic E-state index is -0.838. The van der Waals surface area contributed by atoms with Crippen LogP contribution in [0.25, 0.3) is 0 Å². The van der Waals surface area contributed by atoms with Crippen LogP contribution in [0.1, 0.15) is 77.9 Å². The maximum Gasteiger partial charge on any atom is 0.385 e. The van der Waals surface area contributed by atoms with Crippen LogP contribution in [0.4, 0.5) is 0 Å². The number of aliphatic hydroxyl groups excluding tert-OH is 2. The zero-order valence-electron chi connectivity index (χ0n) is 22.4. The van der Waals surface area contributed by atoms with E-state index in [0.29, 0.717) is 17.7 Å². The lowest BCUT2D eigenvalue weighted by Gasteiger charge is -2.20. The molecule has 0 saturated carbocycles. The molecule has 0 aliphatic heterocycles. The second-order valence-electron chi connectivity index (χ2n) is 10.1. The molecular formula is C29H42O5. The van der Waals surface area contributed by atoms with Crippen molar-refractivity contribution in [3.8, 4) is 5.75 Å². The van der Waals surface area contributed by atoms with Gasteiger partial charge in [-0.15, -0.1) is 0 Å². The molecule has 0 fully saturated rings. The van der Waals surface area contributed by atoms with E-state index >= 15 is 0 Å². The number of Topliss-reactive ketones (excluding diaryl/α,β-unsaturated/α-hetero) is 1. The van der Waals surface area contributed by atoms with Crippen LogP contribution in [0.15, 0.2) is 24.3 Å². The van der Waals surface area contributed by atoms with E-state index in [-0.39, 0.29) is 24.0 Å². The summed E-state index contributed by atoms with van der Waals surface area (Å²) >= 11 is 0. The van der Waals surface area contributed by atoms with Gasteiger partial charge < -0.3 is 14.9 Å². The third kappa shape index (κ3) is 8.37. The second kappa shape index (κ2) is 12.8. The standard InChI is InChI=1S/C20H22O3.C9H20O2/c1-11-7-13(3)17(14(4)8-11)18(21)20(22)23-19-15(5)9-12(2)10-16(19)6;1-6(2)8(10)5-9(11)7(3)4/h7-10H,1-6H3;6-11H,5H2,1-4H3. The monoisotopic (exact) mass is 470 g/mol. The van der Waals surface area contributed by atoms with Crippen LogP contribution in [-0.4, -0.2) is 34.2 Å². The van der Waals surface area contributed by atoms with Crippen LogP contribution in [0.5, 0.6) is 5.75 Å². The molecule has 0 spiro atoms. The van der Waals surface area contributed by atoms with Crippen molar-refractivity contribution >= 4 is 11.8 Å². The highest BCUT2D eigenvalue weighted by molar-refractivity contribution is 6.41. The Balaban J connectivity index is 0.000000445. The summed E-state index contributed by atoms with van der Waals surface area (Å²) in [5.74, 6) is -0.488. The van der Waals surface area contributed by atoms with Crippen LogP contribution < -0.4 is 4.74 Å². The first-order valence-electron chi connectivity index (χ1n) is 11.9. The van der Waals surface area contributed by atoms with E-state index in [2.05, 4.69) is 0 Å². The quantitative estimate of drug-likeness (QED) is 0.233. The Hall–Kier alpha value is -2.50. The van der Waals surface area contributed by atoms with Crippen molar-refractivity contribution in [3.63, 3.8) is 0 Å². The fraction of sp³-hybridized carbons (Fsp3) is 0.517. The van der Waals surface area contributed by atoms with Crippen molar-refractivity contribution in [2.75, 3.05) is 0 Å². The number of aryl methyl sites for hydroxylation is 6. The molecule has 0 radical (unpaired) electrons. The Bertz CT molecular complexity index is 946. The molecule has 0 aliphatic carbocycles. The summed E-state index contributed by atoms with van der Waals surface area (Å²) in [6, 6.07) is 7.66. The lowest BCUT2D eigenvalue weighted by atomic mass is 9.95. The van der Waals surface area contributed by atoms with Gasteiger partial charge in [-0.1, -0.05) is 63.1 Å². The highest BCUT2D eigenvalue weighted by Gasteiger charge is 2.24. The van der Waals surface area contributed by atoms with Gasteiger partial charge in [-0.05, 0) is 82.1 Å². The average molecular weight is 471 g/mol. The lowest BCUT2D eigenvalue weighted by molar-refractivity contribution is -0.129. The summed E-state index contributed by atoms with van der Waals surface area (Å²) in [5.41, 5.74) is 5.88. The fourth-order valence-electron chi connectivity index (χ4n) is 3.90. The van der Waals surface area contributed by atoms with Gasteiger partial charge in [-0.25, -0.2) is 4.79 Å². The van der Waals surface area contributed by atoms with Gasteiger partial charge in [-0.2, -0.15) is 0 Å². The van der Waals surface area contributed by atoms with E-state index in [1.54, 1.807) is 0 Å². The molecule has 2 atom stereocenters. The summed E-state index contributed by atoms with van der Waals surface area (Å²) in [6.07, 6.45) is -0.241. The maximum atomic E-state index is 12.5. The van der Waals surface area contributed by atoms with Gasteiger partial charge in [0.15, 0.2) is 0 Å². The van der Waals surface area contributed by atoms with E-state index in [4.69, 9.17) is 4.74 Å². The largest absolute Gasteiger partial charge is 0.420 e. The molecule has 5 nitrogen and oxygen atoms in total. The molecule has 0 aromatic heterocycles. The smallest absolute Gasteiger partial charge is 0.385 e. The predicted molar refractivity (Wildman–Crippen MR) is 138 cm³/mol. The van der Waals surface area contributed by atoms with E-state index in [1.165, 1.54) is 0 Å². The number of esters is 1. The number of benzene rings is 2. The molecule has 2 aromatic rings. The van der Waals surface area contributed by atoms with E-state index in [1.807, 2.05) is 93.5 Å². The van der Waals surface area contributed by atoms with Crippen molar-refractivity contribution in [2.24, 2.45) is 11.8 Å². The van der Waals surface area contributed by atoms with Crippen LogP contribution in [-0.2, 0) is 4.79 Å². The first-order chi connectivity index (χ1) is 15.6. The van der Waals surface area contributed by atoms with Crippen LogP contribution >= 0.6 is 0 Å². The molecule has 2 N–H and O–H groups in total. The number of hydrogen-bond donors (Lipinski definition) is 2. The Labute approximate surface area is 205 Å². The number of carbonyl (C=O) groups excluding carboxylic acids is 2. The average Bonchev–Trinajstić information content (AvgIpc) is 2.69. The van der Waals surface area contributed by atoms with E-state index in [9.17, 15) is 19.8 Å². The van der Waals surface area contributed by atoms with Gasteiger partial charge in [0.1, 0.15) is 5.75 Å². The Morgan fingerprint density at radius 1 is 0.706 bits per heavy atom. The number of ether oxygens (including phenoxy) is 1. The van der Waals surface area contributed by atoms with Crippen LogP contribution in [0.2, 0.25) is 0 Å². The summed E-state index contributed by atoms with van der Waals surface area (Å²) in [4.78, 5) is 24.8. The van der Waals surface area contributed by atoms with Crippen LogP contribution in [0.3, 0.4) is 0 Å². The number of carbonyl (C=O) groups is 2. The number of aliphatic hydroxyl groups is 2. The molecule has 0 aliphatic rings. The number of ketones is 1. The zero-order valence-corrected chi connectivity index (χ0v) is 22.4. The van der Waals surface area contributed by atoms with E-state index in [0.717, 1.165) is 33.4 Å². The molecule has 0 heterocycles. The number of hydrogen-bond acceptors (Lipinski definition) is 5. The van der Waals surface area contributed by atoms with Gasteiger partial charge in [0.25, 0.3) is 5.78 Å². The topological polar surface area (TPSA) is 83.8 Å².